The normalized spacial score (nSPS) is 41.5. The summed E-state index contributed by atoms with van der Waals surface area (Å²) in [5.74, 6) is 0.799. The largest absolute Gasteiger partial charge is 0.372 e. The van der Waals surface area contributed by atoms with Crippen LogP contribution < -0.4 is 0 Å². The second kappa shape index (κ2) is 3.79. The van der Waals surface area contributed by atoms with E-state index < -0.39 is 0 Å². The monoisotopic (exact) mass is 195 g/mol. The van der Waals surface area contributed by atoms with Crippen LogP contribution in [0.2, 0.25) is 0 Å². The van der Waals surface area contributed by atoms with E-state index >= 15 is 0 Å². The van der Waals surface area contributed by atoms with Crippen LogP contribution in [0.15, 0.2) is 5.11 Å². The van der Waals surface area contributed by atoms with Crippen molar-refractivity contribution in [3.8, 4) is 0 Å². The minimum Gasteiger partial charge on any atom is -0.372 e. The van der Waals surface area contributed by atoms with Gasteiger partial charge in [-0.1, -0.05) is 12.0 Å². The average Bonchev–Trinajstić information content (AvgIpc) is 2.72. The maximum Gasteiger partial charge on any atom is 0.0689 e. The summed E-state index contributed by atoms with van der Waals surface area (Å²) in [6.45, 7) is 2.80. The highest BCUT2D eigenvalue weighted by Crippen LogP contribution is 2.45. The highest BCUT2D eigenvalue weighted by molar-refractivity contribution is 4.95. The van der Waals surface area contributed by atoms with Crippen LogP contribution >= 0.6 is 0 Å². The lowest BCUT2D eigenvalue weighted by Gasteiger charge is -2.23. The molecular weight excluding hydrogens is 178 g/mol. The molecule has 0 N–H and O–H groups in total. The fourth-order valence-electron chi connectivity index (χ4n) is 2.83. The lowest BCUT2D eigenvalue weighted by Crippen LogP contribution is -2.26. The molecule has 3 atom stereocenters. The maximum absolute atomic E-state index is 8.23. The van der Waals surface area contributed by atoms with Crippen LogP contribution in [0.5, 0.6) is 0 Å². The zero-order valence-corrected chi connectivity index (χ0v) is 8.65. The summed E-state index contributed by atoms with van der Waals surface area (Å²) in [6.07, 6.45) is 6.07. The molecule has 1 aliphatic carbocycles. The first-order valence-corrected chi connectivity index (χ1v) is 5.43. The van der Waals surface area contributed by atoms with Gasteiger partial charge in [0.25, 0.3) is 0 Å². The Balaban J connectivity index is 1.90. The Morgan fingerprint density at radius 2 is 2.29 bits per heavy atom. The summed E-state index contributed by atoms with van der Waals surface area (Å²) < 4.78 is 6.02. The second-order valence-electron chi connectivity index (χ2n) is 4.72. The molecule has 0 aromatic rings. The molecule has 1 saturated carbocycles. The van der Waals surface area contributed by atoms with Crippen LogP contribution in [0.1, 0.15) is 39.0 Å². The molecule has 1 aliphatic heterocycles. The minimum absolute atomic E-state index is 0.148. The fourth-order valence-corrected chi connectivity index (χ4v) is 2.83. The Labute approximate surface area is 84.3 Å². The van der Waals surface area contributed by atoms with Gasteiger partial charge in [-0.2, -0.15) is 0 Å². The van der Waals surface area contributed by atoms with Crippen LogP contribution in [-0.2, 0) is 4.74 Å². The van der Waals surface area contributed by atoms with Gasteiger partial charge in [0, 0.05) is 4.91 Å². The molecule has 4 heteroatoms. The van der Waals surface area contributed by atoms with Crippen molar-refractivity contribution >= 4 is 0 Å². The fraction of sp³-hybridized carbons (Fsp3) is 1.00. The van der Waals surface area contributed by atoms with E-state index in [1.54, 1.807) is 0 Å². The Hall–Kier alpha value is -0.730. The number of nitrogens with zero attached hydrogens (tertiary/aromatic N) is 3. The standard InChI is InChI=1S/C10H17N3O/c1-8-2-4-10(6-8)5-3-9(14-10)7-12-13-11/h8-9H,2-7H2,1H3/t8-,9+,10+/m1/s1. The molecule has 4 nitrogen and oxygen atoms in total. The second-order valence-corrected chi connectivity index (χ2v) is 4.72. The Bertz CT molecular complexity index is 262. The molecule has 0 radical (unpaired) electrons. The van der Waals surface area contributed by atoms with Gasteiger partial charge in [-0.3, -0.25) is 0 Å². The summed E-state index contributed by atoms with van der Waals surface area (Å²) in [5, 5.41) is 3.58. The molecule has 2 fully saturated rings. The molecule has 2 rings (SSSR count). The lowest BCUT2D eigenvalue weighted by molar-refractivity contribution is -0.0343. The van der Waals surface area contributed by atoms with Crippen molar-refractivity contribution in [2.75, 3.05) is 6.54 Å². The molecule has 1 saturated heterocycles. The highest BCUT2D eigenvalue weighted by Gasteiger charge is 2.44. The van der Waals surface area contributed by atoms with E-state index in [2.05, 4.69) is 16.9 Å². The number of hydrogen-bond acceptors (Lipinski definition) is 2. The van der Waals surface area contributed by atoms with Crippen molar-refractivity contribution in [1.29, 1.82) is 0 Å². The van der Waals surface area contributed by atoms with Crippen molar-refractivity contribution in [2.45, 2.75) is 50.7 Å². The number of azide groups is 1. The Morgan fingerprint density at radius 1 is 1.50 bits per heavy atom. The van der Waals surface area contributed by atoms with Gasteiger partial charge in [0.2, 0.25) is 0 Å². The van der Waals surface area contributed by atoms with Crippen LogP contribution in [-0.4, -0.2) is 18.2 Å². The van der Waals surface area contributed by atoms with E-state index in [0.29, 0.717) is 6.54 Å². The van der Waals surface area contributed by atoms with Gasteiger partial charge in [-0.05, 0) is 43.6 Å². The van der Waals surface area contributed by atoms with Gasteiger partial charge in [0.1, 0.15) is 0 Å². The predicted molar refractivity (Wildman–Crippen MR) is 53.9 cm³/mol. The summed E-state index contributed by atoms with van der Waals surface area (Å²) in [6, 6.07) is 0. The maximum atomic E-state index is 8.23. The molecule has 2 aliphatic rings. The van der Waals surface area contributed by atoms with Gasteiger partial charge < -0.3 is 4.74 Å². The summed E-state index contributed by atoms with van der Waals surface area (Å²) >= 11 is 0. The van der Waals surface area contributed by atoms with Gasteiger partial charge >= 0.3 is 0 Å². The molecule has 1 heterocycles. The summed E-state index contributed by atoms with van der Waals surface area (Å²) in [7, 11) is 0. The van der Waals surface area contributed by atoms with Crippen molar-refractivity contribution in [3.05, 3.63) is 10.4 Å². The summed E-state index contributed by atoms with van der Waals surface area (Å²) in [4.78, 5) is 2.77. The first-order chi connectivity index (χ1) is 6.74. The molecule has 0 aromatic heterocycles. The topological polar surface area (TPSA) is 58.0 Å². The van der Waals surface area contributed by atoms with Crippen molar-refractivity contribution in [3.63, 3.8) is 0 Å². The Kier molecular flexibility index (Phi) is 2.66. The number of ether oxygens (including phenoxy) is 1. The van der Waals surface area contributed by atoms with Crippen LogP contribution in [0.4, 0.5) is 0 Å². The third-order valence-electron chi connectivity index (χ3n) is 3.50. The zero-order valence-electron chi connectivity index (χ0n) is 8.65. The van der Waals surface area contributed by atoms with E-state index in [0.717, 1.165) is 18.8 Å². The van der Waals surface area contributed by atoms with E-state index in [1.807, 2.05) is 0 Å². The molecule has 1 spiro atoms. The SMILES string of the molecule is C[C@@H]1CC[C@]2(CC[C@@H](CN=[N+]=[N-])O2)C1. The number of rotatable bonds is 2. The third kappa shape index (κ3) is 1.86. The first-order valence-electron chi connectivity index (χ1n) is 5.43. The zero-order chi connectivity index (χ0) is 10.0. The predicted octanol–water partition coefficient (Wildman–Crippen LogP) is 3.03. The van der Waals surface area contributed by atoms with Gasteiger partial charge in [0.05, 0.1) is 18.2 Å². The van der Waals surface area contributed by atoms with Crippen molar-refractivity contribution in [2.24, 2.45) is 11.0 Å². The van der Waals surface area contributed by atoms with Crippen molar-refractivity contribution < 1.29 is 4.74 Å². The molecule has 0 amide bonds. The van der Waals surface area contributed by atoms with Crippen molar-refractivity contribution in [1.82, 2.24) is 0 Å². The highest BCUT2D eigenvalue weighted by atomic mass is 16.5. The molecule has 78 valence electrons. The minimum atomic E-state index is 0.148. The molecular formula is C10H17N3O. The van der Waals surface area contributed by atoms with E-state index in [9.17, 15) is 0 Å². The molecule has 14 heavy (non-hydrogen) atoms. The lowest BCUT2D eigenvalue weighted by atomic mass is 9.97. The molecule has 0 bridgehead atoms. The van der Waals surface area contributed by atoms with Gasteiger partial charge in [-0.25, -0.2) is 0 Å². The average molecular weight is 195 g/mol. The number of hydrogen-bond donors (Lipinski definition) is 0. The van der Waals surface area contributed by atoms with E-state index in [-0.39, 0.29) is 11.7 Å². The van der Waals surface area contributed by atoms with Crippen LogP contribution in [0.3, 0.4) is 0 Å². The van der Waals surface area contributed by atoms with Gasteiger partial charge in [0.15, 0.2) is 0 Å². The van der Waals surface area contributed by atoms with E-state index in [1.165, 1.54) is 19.3 Å². The Morgan fingerprint density at radius 3 is 2.93 bits per heavy atom. The third-order valence-corrected chi connectivity index (χ3v) is 3.50. The molecule has 0 aromatic carbocycles. The van der Waals surface area contributed by atoms with Gasteiger partial charge in [-0.15, -0.1) is 0 Å². The van der Waals surface area contributed by atoms with Crippen LogP contribution in [0.25, 0.3) is 10.4 Å². The first kappa shape index (κ1) is 9.81. The summed E-state index contributed by atoms with van der Waals surface area (Å²) in [5.41, 5.74) is 8.38. The van der Waals surface area contributed by atoms with Crippen LogP contribution in [0, 0.1) is 5.92 Å². The smallest absolute Gasteiger partial charge is 0.0689 e. The van der Waals surface area contributed by atoms with E-state index in [4.69, 9.17) is 10.3 Å². The molecule has 0 unspecified atom stereocenters. The quantitative estimate of drug-likeness (QED) is 0.379.